The Bertz CT molecular complexity index is 538. The summed E-state index contributed by atoms with van der Waals surface area (Å²) in [6, 6.07) is 7.19. The van der Waals surface area contributed by atoms with Gasteiger partial charge >= 0.3 is 5.97 Å². The fourth-order valence-electron chi connectivity index (χ4n) is 3.76. The second-order valence-corrected chi connectivity index (χ2v) is 6.51. The highest BCUT2D eigenvalue weighted by Gasteiger charge is 2.30. The summed E-state index contributed by atoms with van der Waals surface area (Å²) in [5, 5.41) is 8.94. The molecule has 2 aliphatic rings. The van der Waals surface area contributed by atoms with Crippen molar-refractivity contribution in [1.29, 1.82) is 0 Å². The van der Waals surface area contributed by atoms with E-state index in [4.69, 9.17) is 5.11 Å². The zero-order valence-corrected chi connectivity index (χ0v) is 12.8. The van der Waals surface area contributed by atoms with E-state index in [9.17, 15) is 9.59 Å². The van der Waals surface area contributed by atoms with E-state index in [0.29, 0.717) is 17.4 Å². The van der Waals surface area contributed by atoms with Crippen molar-refractivity contribution in [3.05, 3.63) is 35.4 Å². The maximum Gasteiger partial charge on any atom is 0.335 e. The molecule has 1 aromatic carbocycles. The average Bonchev–Trinajstić information content (AvgIpc) is 3.09. The van der Waals surface area contributed by atoms with Crippen molar-refractivity contribution in [1.82, 2.24) is 4.90 Å². The topological polar surface area (TPSA) is 57.6 Å². The summed E-state index contributed by atoms with van der Waals surface area (Å²) < 4.78 is 0. The minimum Gasteiger partial charge on any atom is -0.478 e. The van der Waals surface area contributed by atoms with E-state index in [1.54, 1.807) is 12.1 Å². The third kappa shape index (κ3) is 3.16. The van der Waals surface area contributed by atoms with Crippen molar-refractivity contribution in [2.45, 2.75) is 44.4 Å². The number of nitrogens with zero attached hydrogens (tertiary/aromatic N) is 1. The summed E-state index contributed by atoms with van der Waals surface area (Å²) in [5.41, 5.74) is 1.52. The number of carbonyl (C=O) groups excluding carboxylic acids is 1. The molecule has 4 heteroatoms. The quantitative estimate of drug-likeness (QED) is 0.932. The molecule has 1 N–H and O–H groups in total. The lowest BCUT2D eigenvalue weighted by Gasteiger charge is -2.33. The molecule has 1 saturated carbocycles. The molecular formula is C18H23NO3. The second-order valence-electron chi connectivity index (χ2n) is 6.51. The van der Waals surface area contributed by atoms with Crippen molar-refractivity contribution in [2.75, 3.05) is 13.1 Å². The highest BCUT2D eigenvalue weighted by Crippen LogP contribution is 2.31. The number of aromatic carboxylic acids is 1. The molecule has 0 atom stereocenters. The number of amides is 1. The first-order valence-electron chi connectivity index (χ1n) is 8.27. The Kier molecular flexibility index (Phi) is 4.46. The molecule has 1 aliphatic carbocycles. The Morgan fingerprint density at radius 3 is 2.09 bits per heavy atom. The summed E-state index contributed by atoms with van der Waals surface area (Å²) in [6.07, 6.45) is 6.48. The maximum absolute atomic E-state index is 12.4. The van der Waals surface area contributed by atoms with Crippen LogP contribution in [0, 0.1) is 5.92 Å². The van der Waals surface area contributed by atoms with Crippen LogP contribution < -0.4 is 0 Å². The zero-order valence-electron chi connectivity index (χ0n) is 12.8. The molecule has 0 radical (unpaired) electrons. The van der Waals surface area contributed by atoms with E-state index in [-0.39, 0.29) is 5.92 Å². The number of piperidine rings is 1. The average molecular weight is 301 g/mol. The lowest BCUT2D eigenvalue weighted by atomic mass is 9.88. The molecule has 4 nitrogen and oxygen atoms in total. The molecule has 0 spiro atoms. The van der Waals surface area contributed by atoms with Crippen LogP contribution in [0.15, 0.2) is 24.3 Å². The fourth-order valence-corrected chi connectivity index (χ4v) is 3.76. The minimum atomic E-state index is -0.886. The monoisotopic (exact) mass is 301 g/mol. The summed E-state index contributed by atoms with van der Waals surface area (Å²) in [5.74, 6) is 0.183. The predicted molar refractivity (Wildman–Crippen MR) is 83.9 cm³/mol. The van der Waals surface area contributed by atoms with Gasteiger partial charge in [-0.2, -0.15) is 0 Å². The van der Waals surface area contributed by atoms with Crippen molar-refractivity contribution >= 4 is 11.9 Å². The SMILES string of the molecule is O=C(O)c1ccc(C2CCN(C(=O)C3CCCC3)CC2)cc1. The molecule has 0 aromatic heterocycles. The lowest BCUT2D eigenvalue weighted by Crippen LogP contribution is -2.40. The molecule has 1 saturated heterocycles. The number of carboxylic acids is 1. The number of benzene rings is 1. The van der Waals surface area contributed by atoms with Crippen LogP contribution in [0.25, 0.3) is 0 Å². The van der Waals surface area contributed by atoms with Crippen molar-refractivity contribution in [3.63, 3.8) is 0 Å². The van der Waals surface area contributed by atoms with Crippen LogP contribution in [0.4, 0.5) is 0 Å². The lowest BCUT2D eigenvalue weighted by molar-refractivity contribution is -0.136. The molecule has 22 heavy (non-hydrogen) atoms. The van der Waals surface area contributed by atoms with Crippen LogP contribution in [-0.2, 0) is 4.79 Å². The molecule has 0 unspecified atom stereocenters. The van der Waals surface area contributed by atoms with Gasteiger partial charge in [0.1, 0.15) is 0 Å². The van der Waals surface area contributed by atoms with Crippen LogP contribution in [0.2, 0.25) is 0 Å². The second kappa shape index (κ2) is 6.51. The van der Waals surface area contributed by atoms with Gasteiger partial charge in [0.2, 0.25) is 5.91 Å². The molecule has 0 bridgehead atoms. The fraction of sp³-hybridized carbons (Fsp3) is 0.556. The Labute approximate surface area is 131 Å². The molecule has 1 heterocycles. The third-order valence-electron chi connectivity index (χ3n) is 5.14. The molecular weight excluding hydrogens is 278 g/mol. The van der Waals surface area contributed by atoms with Crippen molar-refractivity contribution in [2.24, 2.45) is 5.92 Å². The van der Waals surface area contributed by atoms with Gasteiger partial charge < -0.3 is 10.0 Å². The van der Waals surface area contributed by atoms with E-state index < -0.39 is 5.97 Å². The third-order valence-corrected chi connectivity index (χ3v) is 5.14. The van der Waals surface area contributed by atoms with Crippen LogP contribution in [0.1, 0.15) is 60.4 Å². The molecule has 1 aliphatic heterocycles. The van der Waals surface area contributed by atoms with Gasteiger partial charge in [-0.1, -0.05) is 25.0 Å². The summed E-state index contributed by atoms with van der Waals surface area (Å²) in [7, 11) is 0. The summed E-state index contributed by atoms with van der Waals surface area (Å²) in [6.45, 7) is 1.67. The van der Waals surface area contributed by atoms with E-state index in [0.717, 1.165) is 38.8 Å². The van der Waals surface area contributed by atoms with Gasteiger partial charge in [0, 0.05) is 19.0 Å². The van der Waals surface area contributed by atoms with Gasteiger partial charge in [-0.25, -0.2) is 4.79 Å². The van der Waals surface area contributed by atoms with E-state index in [1.165, 1.54) is 18.4 Å². The molecule has 1 amide bonds. The zero-order chi connectivity index (χ0) is 15.5. The van der Waals surface area contributed by atoms with E-state index >= 15 is 0 Å². The van der Waals surface area contributed by atoms with Crippen molar-refractivity contribution in [3.8, 4) is 0 Å². The molecule has 1 aromatic rings. The normalized spacial score (nSPS) is 20.3. The molecule has 118 valence electrons. The highest BCUT2D eigenvalue weighted by molar-refractivity contribution is 5.87. The van der Waals surface area contributed by atoms with Crippen LogP contribution in [0.5, 0.6) is 0 Å². The van der Waals surface area contributed by atoms with Gasteiger partial charge in [0.15, 0.2) is 0 Å². The first-order valence-corrected chi connectivity index (χ1v) is 8.27. The summed E-state index contributed by atoms with van der Waals surface area (Å²) in [4.78, 5) is 25.4. The standard InChI is InChI=1S/C18H23NO3/c20-17(15-3-1-2-4-15)19-11-9-14(10-12-19)13-5-7-16(8-6-13)18(21)22/h5-8,14-15H,1-4,9-12H2,(H,21,22). The Hall–Kier alpha value is -1.84. The Balaban J connectivity index is 1.57. The van der Waals surface area contributed by atoms with Crippen LogP contribution in [0.3, 0.4) is 0 Å². The van der Waals surface area contributed by atoms with E-state index in [1.807, 2.05) is 17.0 Å². The number of hydrogen-bond donors (Lipinski definition) is 1. The smallest absolute Gasteiger partial charge is 0.335 e. The minimum absolute atomic E-state index is 0.270. The summed E-state index contributed by atoms with van der Waals surface area (Å²) >= 11 is 0. The van der Waals surface area contributed by atoms with Gasteiger partial charge in [0.05, 0.1) is 5.56 Å². The Morgan fingerprint density at radius 2 is 1.55 bits per heavy atom. The van der Waals surface area contributed by atoms with E-state index in [2.05, 4.69) is 0 Å². The van der Waals surface area contributed by atoms with Crippen LogP contribution >= 0.6 is 0 Å². The first-order chi connectivity index (χ1) is 10.6. The number of carbonyl (C=O) groups is 2. The number of likely N-dealkylation sites (tertiary alicyclic amines) is 1. The van der Waals surface area contributed by atoms with Gasteiger partial charge in [-0.15, -0.1) is 0 Å². The highest BCUT2D eigenvalue weighted by atomic mass is 16.4. The number of hydrogen-bond acceptors (Lipinski definition) is 2. The van der Waals surface area contributed by atoms with Gasteiger partial charge in [-0.05, 0) is 49.3 Å². The number of carboxylic acid groups (broad SMARTS) is 1. The molecule has 2 fully saturated rings. The van der Waals surface area contributed by atoms with Crippen LogP contribution in [-0.4, -0.2) is 35.0 Å². The van der Waals surface area contributed by atoms with Gasteiger partial charge in [0.25, 0.3) is 0 Å². The largest absolute Gasteiger partial charge is 0.478 e. The Morgan fingerprint density at radius 1 is 0.955 bits per heavy atom. The van der Waals surface area contributed by atoms with Gasteiger partial charge in [-0.3, -0.25) is 4.79 Å². The van der Waals surface area contributed by atoms with Crippen molar-refractivity contribution < 1.29 is 14.7 Å². The predicted octanol–water partition coefficient (Wildman–Crippen LogP) is 3.28. The molecule has 3 rings (SSSR count). The first kappa shape index (κ1) is 15.1. The maximum atomic E-state index is 12.4. The number of rotatable bonds is 3.